The van der Waals surface area contributed by atoms with E-state index in [0.717, 1.165) is 16.6 Å². The monoisotopic (exact) mass is 222 g/mol. The molecule has 0 fully saturated rings. The maximum atomic E-state index is 5.32. The Labute approximate surface area is 97.2 Å². The Bertz CT molecular complexity index is 373. The van der Waals surface area contributed by atoms with E-state index in [4.69, 9.17) is 4.74 Å². The molecule has 0 radical (unpaired) electrons. The van der Waals surface area contributed by atoms with Crippen molar-refractivity contribution in [1.29, 1.82) is 0 Å². The van der Waals surface area contributed by atoms with Gasteiger partial charge in [0.1, 0.15) is 5.75 Å². The summed E-state index contributed by atoms with van der Waals surface area (Å²) in [4.78, 5) is 0.956. The molecular formula is C13H18OS. The molecule has 0 amide bonds. The smallest absolute Gasteiger partial charge is 0.132 e. The van der Waals surface area contributed by atoms with E-state index in [9.17, 15) is 0 Å². The quantitative estimate of drug-likeness (QED) is 0.713. The fourth-order valence-electron chi connectivity index (χ4n) is 2.37. The molecule has 0 saturated heterocycles. The highest BCUT2D eigenvalue weighted by molar-refractivity contribution is 7.80. The molecule has 0 aliphatic heterocycles. The fourth-order valence-corrected chi connectivity index (χ4v) is 2.68. The molecule has 0 heterocycles. The van der Waals surface area contributed by atoms with Crippen LogP contribution < -0.4 is 4.74 Å². The zero-order valence-corrected chi connectivity index (χ0v) is 10.5. The predicted octanol–water partition coefficient (Wildman–Crippen LogP) is 3.67. The van der Waals surface area contributed by atoms with Gasteiger partial charge in [-0.15, -0.1) is 12.6 Å². The Morgan fingerprint density at radius 1 is 1.33 bits per heavy atom. The molecule has 1 aliphatic rings. The van der Waals surface area contributed by atoms with Crippen LogP contribution in [0.15, 0.2) is 17.0 Å². The van der Waals surface area contributed by atoms with Crippen LogP contribution >= 0.6 is 12.6 Å². The Morgan fingerprint density at radius 2 is 2.07 bits per heavy atom. The average Bonchev–Trinajstić information content (AvgIpc) is 2.23. The van der Waals surface area contributed by atoms with Crippen LogP contribution in [0.25, 0.3) is 0 Å². The van der Waals surface area contributed by atoms with Crippen LogP contribution in [0, 0.1) is 5.92 Å². The van der Waals surface area contributed by atoms with Gasteiger partial charge in [0.2, 0.25) is 0 Å². The number of methoxy groups -OCH3 is 1. The number of hydrogen-bond acceptors (Lipinski definition) is 2. The molecule has 2 heteroatoms. The van der Waals surface area contributed by atoms with Crippen LogP contribution in [0.3, 0.4) is 0 Å². The number of rotatable bonds is 1. The van der Waals surface area contributed by atoms with Gasteiger partial charge in [-0.2, -0.15) is 0 Å². The molecule has 15 heavy (non-hydrogen) atoms. The number of aryl methyl sites for hydroxylation is 1. The molecule has 0 spiro atoms. The molecule has 2 rings (SSSR count). The first kappa shape index (κ1) is 10.9. The highest BCUT2D eigenvalue weighted by Crippen LogP contribution is 2.39. The number of thiol groups is 1. The van der Waals surface area contributed by atoms with Gasteiger partial charge in [0.05, 0.1) is 7.11 Å². The van der Waals surface area contributed by atoms with Crippen molar-refractivity contribution in [3.63, 3.8) is 0 Å². The maximum Gasteiger partial charge on any atom is 0.132 e. The molecule has 1 aromatic carbocycles. The summed E-state index contributed by atoms with van der Waals surface area (Å²) in [7, 11) is 1.71. The van der Waals surface area contributed by atoms with Crippen molar-refractivity contribution < 1.29 is 4.74 Å². The lowest BCUT2D eigenvalue weighted by atomic mass is 9.77. The van der Waals surface area contributed by atoms with Crippen LogP contribution in [-0.4, -0.2) is 7.11 Å². The average molecular weight is 222 g/mol. The first-order valence-electron chi connectivity index (χ1n) is 5.53. The van der Waals surface area contributed by atoms with E-state index >= 15 is 0 Å². The summed E-state index contributed by atoms with van der Waals surface area (Å²) in [6.45, 7) is 4.63. The van der Waals surface area contributed by atoms with Gasteiger partial charge in [0.25, 0.3) is 0 Å². The SMILES string of the molecule is COc1cc2c(cc1S)CCC(C)C2C. The third kappa shape index (κ3) is 1.87. The lowest BCUT2D eigenvalue weighted by Gasteiger charge is -2.29. The standard InChI is InChI=1S/C13H18OS/c1-8-4-5-10-6-13(15)12(14-3)7-11(10)9(8)2/h6-9,15H,4-5H2,1-3H3. The lowest BCUT2D eigenvalue weighted by Crippen LogP contribution is -2.16. The summed E-state index contributed by atoms with van der Waals surface area (Å²) in [5, 5.41) is 0. The van der Waals surface area contributed by atoms with Crippen LogP contribution in [0.5, 0.6) is 5.75 Å². The second-order valence-electron chi connectivity index (χ2n) is 4.53. The van der Waals surface area contributed by atoms with Crippen molar-refractivity contribution in [3.05, 3.63) is 23.3 Å². The molecule has 2 atom stereocenters. The molecule has 82 valence electrons. The first-order chi connectivity index (χ1) is 7.13. The Morgan fingerprint density at radius 3 is 2.73 bits per heavy atom. The topological polar surface area (TPSA) is 9.23 Å². The Hall–Kier alpha value is -0.630. The molecule has 0 N–H and O–H groups in total. The van der Waals surface area contributed by atoms with Crippen molar-refractivity contribution >= 4 is 12.6 Å². The van der Waals surface area contributed by atoms with E-state index < -0.39 is 0 Å². The van der Waals surface area contributed by atoms with E-state index in [1.807, 2.05) is 0 Å². The van der Waals surface area contributed by atoms with Gasteiger partial charge in [-0.1, -0.05) is 13.8 Å². The molecular weight excluding hydrogens is 204 g/mol. The van der Waals surface area contributed by atoms with Gasteiger partial charge < -0.3 is 4.74 Å². The highest BCUT2D eigenvalue weighted by atomic mass is 32.1. The number of ether oxygens (including phenoxy) is 1. The van der Waals surface area contributed by atoms with Crippen molar-refractivity contribution in [3.8, 4) is 5.75 Å². The van der Waals surface area contributed by atoms with Gasteiger partial charge in [0.15, 0.2) is 0 Å². The van der Waals surface area contributed by atoms with Crippen molar-refractivity contribution in [2.24, 2.45) is 5.92 Å². The van der Waals surface area contributed by atoms with Gasteiger partial charge in [-0.05, 0) is 47.9 Å². The van der Waals surface area contributed by atoms with Crippen molar-refractivity contribution in [2.75, 3.05) is 7.11 Å². The van der Waals surface area contributed by atoms with Crippen molar-refractivity contribution in [1.82, 2.24) is 0 Å². The first-order valence-corrected chi connectivity index (χ1v) is 5.98. The lowest BCUT2D eigenvalue weighted by molar-refractivity contribution is 0.394. The van der Waals surface area contributed by atoms with Gasteiger partial charge in [0, 0.05) is 4.90 Å². The van der Waals surface area contributed by atoms with Gasteiger partial charge in [-0.3, -0.25) is 0 Å². The molecule has 1 aromatic rings. The normalized spacial score (nSPS) is 24.8. The van der Waals surface area contributed by atoms with Crippen LogP contribution in [0.4, 0.5) is 0 Å². The zero-order chi connectivity index (χ0) is 11.0. The van der Waals surface area contributed by atoms with Crippen LogP contribution in [0.2, 0.25) is 0 Å². The van der Waals surface area contributed by atoms with E-state index in [1.165, 1.54) is 24.0 Å². The minimum Gasteiger partial charge on any atom is -0.496 e. The summed E-state index contributed by atoms with van der Waals surface area (Å²) in [5.74, 6) is 2.31. The molecule has 0 bridgehead atoms. The molecule has 0 saturated carbocycles. The molecule has 1 nitrogen and oxygen atoms in total. The Balaban J connectivity index is 2.48. The summed E-state index contributed by atoms with van der Waals surface area (Å²) in [5.41, 5.74) is 2.90. The van der Waals surface area contributed by atoms with Gasteiger partial charge in [-0.25, -0.2) is 0 Å². The zero-order valence-electron chi connectivity index (χ0n) is 9.58. The molecule has 1 aliphatic carbocycles. The minimum atomic E-state index is 0.636. The van der Waals surface area contributed by atoms with E-state index in [2.05, 4.69) is 38.6 Å². The summed E-state index contributed by atoms with van der Waals surface area (Å²) >= 11 is 4.44. The molecule has 0 aromatic heterocycles. The predicted molar refractivity (Wildman–Crippen MR) is 66.1 cm³/mol. The minimum absolute atomic E-state index is 0.636. The third-order valence-electron chi connectivity index (χ3n) is 3.65. The second-order valence-corrected chi connectivity index (χ2v) is 5.01. The number of benzene rings is 1. The number of fused-ring (bicyclic) bond motifs is 1. The Kier molecular flexibility index (Phi) is 2.96. The maximum absolute atomic E-state index is 5.32. The summed E-state index contributed by atoms with van der Waals surface area (Å²) < 4.78 is 5.32. The summed E-state index contributed by atoms with van der Waals surface area (Å²) in [6.07, 6.45) is 2.46. The van der Waals surface area contributed by atoms with Crippen molar-refractivity contribution in [2.45, 2.75) is 37.5 Å². The molecule has 2 unspecified atom stereocenters. The number of hydrogen-bond donors (Lipinski definition) is 1. The second kappa shape index (κ2) is 4.09. The summed E-state index contributed by atoms with van der Waals surface area (Å²) in [6, 6.07) is 4.33. The van der Waals surface area contributed by atoms with Crippen LogP contribution in [-0.2, 0) is 6.42 Å². The fraction of sp³-hybridized carbons (Fsp3) is 0.538. The largest absolute Gasteiger partial charge is 0.496 e. The van der Waals surface area contributed by atoms with E-state index in [-0.39, 0.29) is 0 Å². The van der Waals surface area contributed by atoms with E-state index in [1.54, 1.807) is 7.11 Å². The third-order valence-corrected chi connectivity index (χ3v) is 4.00. The van der Waals surface area contributed by atoms with E-state index in [0.29, 0.717) is 5.92 Å². The van der Waals surface area contributed by atoms with Crippen LogP contribution in [0.1, 0.15) is 37.3 Å². The highest BCUT2D eigenvalue weighted by Gasteiger charge is 2.23. The van der Waals surface area contributed by atoms with Gasteiger partial charge >= 0.3 is 0 Å².